The third-order valence-corrected chi connectivity index (χ3v) is 16.9. The molecule has 0 spiro atoms. The van der Waals surface area contributed by atoms with Crippen LogP contribution >= 0.6 is 0 Å². The van der Waals surface area contributed by atoms with Gasteiger partial charge in [0, 0.05) is 6.42 Å². The molecule has 0 radical (unpaired) electrons. The number of hydrogen-bond acceptors (Lipinski definition) is 8. The van der Waals surface area contributed by atoms with Crippen molar-refractivity contribution in [1.82, 2.24) is 5.32 Å². The van der Waals surface area contributed by atoms with Crippen molar-refractivity contribution in [1.29, 1.82) is 0 Å². The van der Waals surface area contributed by atoms with E-state index in [1.165, 1.54) is 283 Å². The first-order valence-electron chi connectivity index (χ1n) is 35.4. The molecule has 9 heteroatoms. The molecule has 0 bridgehead atoms. The lowest BCUT2D eigenvalue weighted by atomic mass is 9.99. The van der Waals surface area contributed by atoms with Gasteiger partial charge in [-0.05, 0) is 64.2 Å². The summed E-state index contributed by atoms with van der Waals surface area (Å²) in [6, 6.07) is -0.822. The van der Waals surface area contributed by atoms with Crippen molar-refractivity contribution in [2.45, 2.75) is 391 Å². The van der Waals surface area contributed by atoms with Gasteiger partial charge in [-0.1, -0.05) is 326 Å². The van der Waals surface area contributed by atoms with Crippen LogP contribution in [-0.2, 0) is 14.3 Å². The van der Waals surface area contributed by atoms with Gasteiger partial charge in [-0.15, -0.1) is 0 Å². The molecule has 7 atom stereocenters. The first-order chi connectivity index (χ1) is 39.8. The van der Waals surface area contributed by atoms with Crippen molar-refractivity contribution in [3.63, 3.8) is 0 Å². The van der Waals surface area contributed by atoms with Crippen molar-refractivity contribution >= 4 is 5.91 Å². The highest BCUT2D eigenvalue weighted by molar-refractivity contribution is 5.76. The van der Waals surface area contributed by atoms with Gasteiger partial charge in [0.15, 0.2) is 6.29 Å². The Bertz CT molecular complexity index is 1420. The third kappa shape index (κ3) is 50.1. The van der Waals surface area contributed by atoms with Crippen LogP contribution in [0, 0.1) is 0 Å². The second-order valence-corrected chi connectivity index (χ2v) is 24.7. The van der Waals surface area contributed by atoms with Gasteiger partial charge < -0.3 is 40.3 Å². The zero-order chi connectivity index (χ0) is 58.6. The van der Waals surface area contributed by atoms with Crippen LogP contribution < -0.4 is 5.32 Å². The predicted octanol–water partition coefficient (Wildman–Crippen LogP) is 19.2. The molecule has 1 fully saturated rings. The highest BCUT2D eigenvalue weighted by Crippen LogP contribution is 2.23. The standard InChI is InChI=1S/C72H135NO8/c1-3-5-7-9-11-13-15-17-19-21-23-25-26-27-28-29-30-31-32-33-34-35-36-37-38-39-40-42-44-46-48-50-52-54-56-58-60-62-68(76)73-65(64-80-72-71(79)70(78)69(77)67(63-74)81-72)66(75)61-59-57-55-53-51-49-47-45-43-41-24-22-20-18-16-14-12-10-8-6-4-2/h15,17,21,23,51,53,59,61,65-67,69-72,74-75,77-79H,3-14,16,18-20,22,24-50,52,54-58,60,62-64H2,1-2H3,(H,73,76)/b17-15-,23-21-,53-51+,61-59+. The van der Waals surface area contributed by atoms with Crippen molar-refractivity contribution in [2.75, 3.05) is 13.2 Å². The van der Waals surface area contributed by atoms with Gasteiger partial charge >= 0.3 is 0 Å². The predicted molar refractivity (Wildman–Crippen MR) is 346 cm³/mol. The van der Waals surface area contributed by atoms with Crippen molar-refractivity contribution in [2.24, 2.45) is 0 Å². The first-order valence-corrected chi connectivity index (χ1v) is 35.4. The van der Waals surface area contributed by atoms with E-state index in [4.69, 9.17) is 9.47 Å². The van der Waals surface area contributed by atoms with Gasteiger partial charge in [0.1, 0.15) is 24.4 Å². The molecule has 476 valence electrons. The first kappa shape index (κ1) is 77.2. The fraction of sp³-hybridized carbons (Fsp3) is 0.875. The normalized spacial score (nSPS) is 18.6. The van der Waals surface area contributed by atoms with E-state index in [1.54, 1.807) is 6.08 Å². The number of amides is 1. The maximum Gasteiger partial charge on any atom is 0.220 e. The lowest BCUT2D eigenvalue weighted by molar-refractivity contribution is -0.302. The van der Waals surface area contributed by atoms with E-state index in [9.17, 15) is 30.3 Å². The zero-order valence-corrected chi connectivity index (χ0v) is 53.3. The van der Waals surface area contributed by atoms with E-state index in [-0.39, 0.29) is 12.5 Å². The Kier molecular flexibility index (Phi) is 58.3. The van der Waals surface area contributed by atoms with Crippen molar-refractivity contribution in [3.8, 4) is 0 Å². The summed E-state index contributed by atoms with van der Waals surface area (Å²) in [7, 11) is 0. The van der Waals surface area contributed by atoms with Gasteiger partial charge in [0.05, 0.1) is 25.4 Å². The number of ether oxygens (including phenoxy) is 2. The third-order valence-electron chi connectivity index (χ3n) is 16.9. The number of aliphatic hydroxyl groups excluding tert-OH is 5. The second-order valence-electron chi connectivity index (χ2n) is 24.7. The molecule has 1 saturated heterocycles. The highest BCUT2D eigenvalue weighted by Gasteiger charge is 2.44. The molecule has 0 aromatic heterocycles. The number of carbonyl (C=O) groups excluding carboxylic acids is 1. The fourth-order valence-corrected chi connectivity index (χ4v) is 11.3. The minimum Gasteiger partial charge on any atom is -0.394 e. The van der Waals surface area contributed by atoms with Crippen LogP contribution in [0.1, 0.15) is 348 Å². The van der Waals surface area contributed by atoms with Crippen molar-refractivity contribution in [3.05, 3.63) is 48.6 Å². The highest BCUT2D eigenvalue weighted by atomic mass is 16.7. The molecule has 81 heavy (non-hydrogen) atoms. The van der Waals surface area contributed by atoms with Gasteiger partial charge in [-0.25, -0.2) is 0 Å². The minimum absolute atomic E-state index is 0.180. The van der Waals surface area contributed by atoms with Crippen LogP contribution in [0.2, 0.25) is 0 Å². The molecule has 1 aliphatic heterocycles. The number of allylic oxidation sites excluding steroid dienone is 7. The molecule has 0 saturated carbocycles. The molecule has 6 N–H and O–H groups in total. The summed E-state index contributed by atoms with van der Waals surface area (Å²) < 4.78 is 11.3. The molecule has 1 aliphatic rings. The summed E-state index contributed by atoms with van der Waals surface area (Å²) in [6.07, 6.45) is 76.6. The second kappa shape index (κ2) is 61.2. The molecular weight excluding hydrogens is 1010 g/mol. The SMILES string of the molecule is CCCCCCC/C=C\C/C=C\CCCCCCCCCCCCCCCCCCCCCCCCCCCC(=O)NC(COC1OC(CO)C(O)C(O)C1O)C(O)/C=C/CC/C=C/CCCCCCCCCCCCCCCCC. The van der Waals surface area contributed by atoms with E-state index in [2.05, 4.69) is 55.6 Å². The Morgan fingerprint density at radius 1 is 0.420 bits per heavy atom. The number of aliphatic hydroxyl groups is 5. The molecular formula is C72H135NO8. The van der Waals surface area contributed by atoms with Gasteiger partial charge in [0.25, 0.3) is 0 Å². The lowest BCUT2D eigenvalue weighted by Crippen LogP contribution is -2.60. The van der Waals surface area contributed by atoms with Crippen LogP contribution in [-0.4, -0.2) is 87.5 Å². The van der Waals surface area contributed by atoms with Gasteiger partial charge in [-0.2, -0.15) is 0 Å². The maximum absolute atomic E-state index is 13.1. The van der Waals surface area contributed by atoms with Crippen molar-refractivity contribution < 1.29 is 39.8 Å². The molecule has 0 aliphatic carbocycles. The molecule has 9 nitrogen and oxygen atoms in total. The Labute approximate surface area is 501 Å². The summed E-state index contributed by atoms with van der Waals surface area (Å²) in [5, 5.41) is 54.7. The molecule has 7 unspecified atom stereocenters. The summed E-state index contributed by atoms with van der Waals surface area (Å²) in [5.74, 6) is -0.180. The maximum atomic E-state index is 13.1. The van der Waals surface area contributed by atoms with E-state index in [0.717, 1.165) is 44.9 Å². The zero-order valence-electron chi connectivity index (χ0n) is 53.3. The van der Waals surface area contributed by atoms with Crippen LogP contribution in [0.5, 0.6) is 0 Å². The quantitative estimate of drug-likeness (QED) is 0.0261. The van der Waals surface area contributed by atoms with Crippen LogP contribution in [0.4, 0.5) is 0 Å². The largest absolute Gasteiger partial charge is 0.394 e. The monoisotopic (exact) mass is 1140 g/mol. The summed E-state index contributed by atoms with van der Waals surface area (Å²) in [4.78, 5) is 13.1. The number of carbonyl (C=O) groups is 1. The molecule has 0 aromatic rings. The number of hydrogen-bond donors (Lipinski definition) is 6. The Hall–Kier alpha value is -1.85. The lowest BCUT2D eigenvalue weighted by Gasteiger charge is -2.40. The smallest absolute Gasteiger partial charge is 0.220 e. The van der Waals surface area contributed by atoms with Crippen LogP contribution in [0.15, 0.2) is 48.6 Å². The topological polar surface area (TPSA) is 149 Å². The Morgan fingerprint density at radius 3 is 1.11 bits per heavy atom. The van der Waals surface area contributed by atoms with E-state index >= 15 is 0 Å². The van der Waals surface area contributed by atoms with Crippen LogP contribution in [0.25, 0.3) is 0 Å². The van der Waals surface area contributed by atoms with Crippen LogP contribution in [0.3, 0.4) is 0 Å². The molecule has 1 heterocycles. The molecule has 1 amide bonds. The molecule has 0 aromatic carbocycles. The van der Waals surface area contributed by atoms with Gasteiger partial charge in [-0.3, -0.25) is 4.79 Å². The number of rotatable bonds is 62. The Morgan fingerprint density at radius 2 is 0.741 bits per heavy atom. The van der Waals surface area contributed by atoms with E-state index < -0.39 is 49.5 Å². The number of unbranched alkanes of at least 4 members (excludes halogenated alkanes) is 46. The minimum atomic E-state index is -1.57. The Balaban J connectivity index is 2.09. The van der Waals surface area contributed by atoms with E-state index in [1.807, 2.05) is 6.08 Å². The van der Waals surface area contributed by atoms with E-state index in [0.29, 0.717) is 6.42 Å². The summed E-state index contributed by atoms with van der Waals surface area (Å²) in [5.41, 5.74) is 0. The average molecular weight is 1140 g/mol. The fourth-order valence-electron chi connectivity index (χ4n) is 11.3. The number of nitrogens with one attached hydrogen (secondary N) is 1. The summed E-state index contributed by atoms with van der Waals surface area (Å²) in [6.45, 7) is 3.80. The summed E-state index contributed by atoms with van der Waals surface area (Å²) >= 11 is 0. The molecule has 1 rings (SSSR count). The van der Waals surface area contributed by atoms with Gasteiger partial charge in [0.2, 0.25) is 5.91 Å². The average Bonchev–Trinajstić information content (AvgIpc) is 3.49.